The number of rotatable bonds is 6. The van der Waals surface area contributed by atoms with Gasteiger partial charge < -0.3 is 14.7 Å². The van der Waals surface area contributed by atoms with E-state index in [0.717, 1.165) is 17.0 Å². The van der Waals surface area contributed by atoms with Gasteiger partial charge in [0.05, 0.1) is 12.3 Å². The van der Waals surface area contributed by atoms with Crippen LogP contribution < -0.4 is 4.74 Å². The minimum atomic E-state index is 0.0543. The summed E-state index contributed by atoms with van der Waals surface area (Å²) in [6.07, 6.45) is 2.35. The molecule has 0 amide bonds. The van der Waals surface area contributed by atoms with Gasteiger partial charge in [-0.3, -0.25) is 0 Å². The Hall–Kier alpha value is -1.55. The zero-order valence-corrected chi connectivity index (χ0v) is 9.93. The molecule has 1 fully saturated rings. The normalized spacial score (nSPS) is 15.8. The molecule has 1 aliphatic carbocycles. The summed E-state index contributed by atoms with van der Waals surface area (Å²) >= 11 is 0. The summed E-state index contributed by atoms with van der Waals surface area (Å²) in [5.41, 5.74) is 1.85. The molecule has 4 nitrogen and oxygen atoms in total. The second-order valence-corrected chi connectivity index (χ2v) is 4.13. The molecule has 2 rings (SSSR count). The van der Waals surface area contributed by atoms with Crippen LogP contribution in [-0.4, -0.2) is 24.5 Å². The average molecular weight is 235 g/mol. The Morgan fingerprint density at radius 2 is 2.06 bits per heavy atom. The molecule has 0 atom stereocenters. The molecule has 0 radical (unpaired) electrons. The maximum atomic E-state index is 8.92. The lowest BCUT2D eigenvalue weighted by Crippen LogP contribution is -2.14. The van der Waals surface area contributed by atoms with Crippen molar-refractivity contribution in [2.75, 3.05) is 13.7 Å². The average Bonchev–Trinajstić information content (AvgIpc) is 3.19. The number of aliphatic hydroxyl groups excluding tert-OH is 1. The van der Waals surface area contributed by atoms with Crippen LogP contribution in [0.4, 0.5) is 0 Å². The van der Waals surface area contributed by atoms with Crippen LogP contribution in [-0.2, 0) is 11.4 Å². The Morgan fingerprint density at radius 3 is 2.59 bits per heavy atom. The van der Waals surface area contributed by atoms with Crippen molar-refractivity contribution in [3.8, 4) is 5.75 Å². The predicted octanol–water partition coefficient (Wildman–Crippen LogP) is 1.97. The fraction of sp³-hybridized carbons (Fsp3) is 0.462. The molecule has 0 unspecified atom stereocenters. The van der Waals surface area contributed by atoms with Gasteiger partial charge in [0.2, 0.25) is 0 Å². The van der Waals surface area contributed by atoms with E-state index >= 15 is 0 Å². The standard InChI is InChI=1S/C13H17NO3/c1-16-14-13(11-4-5-11)9-17-12-6-2-10(8-15)3-7-12/h2-3,6-7,11,15H,4-5,8-9H2,1H3/b14-13-. The summed E-state index contributed by atoms with van der Waals surface area (Å²) in [6.45, 7) is 0.524. The monoisotopic (exact) mass is 235 g/mol. The summed E-state index contributed by atoms with van der Waals surface area (Å²) < 4.78 is 5.63. The van der Waals surface area contributed by atoms with Crippen molar-refractivity contribution >= 4 is 5.71 Å². The Labute approximate surface area is 101 Å². The number of benzene rings is 1. The Morgan fingerprint density at radius 1 is 1.35 bits per heavy atom. The third-order valence-corrected chi connectivity index (χ3v) is 2.75. The molecule has 0 aromatic heterocycles. The number of nitrogens with zero attached hydrogens (tertiary/aromatic N) is 1. The van der Waals surface area contributed by atoms with E-state index in [1.165, 1.54) is 12.8 Å². The number of hydrogen-bond acceptors (Lipinski definition) is 4. The number of hydrogen-bond donors (Lipinski definition) is 1. The van der Waals surface area contributed by atoms with Gasteiger partial charge in [-0.25, -0.2) is 0 Å². The smallest absolute Gasteiger partial charge is 0.130 e. The molecule has 1 aliphatic rings. The van der Waals surface area contributed by atoms with Crippen molar-refractivity contribution in [2.45, 2.75) is 19.4 Å². The van der Waals surface area contributed by atoms with Crippen molar-refractivity contribution in [1.29, 1.82) is 0 Å². The van der Waals surface area contributed by atoms with E-state index in [-0.39, 0.29) is 6.61 Å². The molecule has 0 heterocycles. The fourth-order valence-electron chi connectivity index (χ4n) is 1.60. The molecular weight excluding hydrogens is 218 g/mol. The fourth-order valence-corrected chi connectivity index (χ4v) is 1.60. The second-order valence-electron chi connectivity index (χ2n) is 4.13. The minimum absolute atomic E-state index is 0.0543. The summed E-state index contributed by atoms with van der Waals surface area (Å²) in [5.74, 6) is 1.32. The van der Waals surface area contributed by atoms with Crippen molar-refractivity contribution in [3.05, 3.63) is 29.8 Å². The van der Waals surface area contributed by atoms with Crippen LogP contribution >= 0.6 is 0 Å². The van der Waals surface area contributed by atoms with Gasteiger partial charge in [0, 0.05) is 5.92 Å². The SMILES string of the molecule is CO/N=C(/COc1ccc(CO)cc1)C1CC1. The lowest BCUT2D eigenvalue weighted by Gasteiger charge is -2.08. The van der Waals surface area contributed by atoms with Gasteiger partial charge in [-0.05, 0) is 30.5 Å². The van der Waals surface area contributed by atoms with Crippen LogP contribution in [0.1, 0.15) is 18.4 Å². The molecular formula is C13H17NO3. The second kappa shape index (κ2) is 5.68. The first-order chi connectivity index (χ1) is 8.33. The molecule has 1 saturated carbocycles. The zero-order valence-electron chi connectivity index (χ0n) is 9.93. The van der Waals surface area contributed by atoms with E-state index < -0.39 is 0 Å². The Balaban J connectivity index is 1.89. The van der Waals surface area contributed by atoms with E-state index in [2.05, 4.69) is 5.16 Å². The molecule has 0 spiro atoms. The largest absolute Gasteiger partial charge is 0.488 e. The number of ether oxygens (including phenoxy) is 1. The topological polar surface area (TPSA) is 51.0 Å². The van der Waals surface area contributed by atoms with E-state index in [9.17, 15) is 0 Å². The lowest BCUT2D eigenvalue weighted by molar-refractivity contribution is 0.208. The molecule has 0 saturated heterocycles. The highest BCUT2D eigenvalue weighted by Crippen LogP contribution is 2.31. The van der Waals surface area contributed by atoms with Crippen molar-refractivity contribution < 1.29 is 14.7 Å². The van der Waals surface area contributed by atoms with E-state index in [1.54, 1.807) is 7.11 Å². The zero-order chi connectivity index (χ0) is 12.1. The van der Waals surface area contributed by atoms with Gasteiger partial charge in [-0.15, -0.1) is 0 Å². The van der Waals surface area contributed by atoms with Crippen LogP contribution in [0, 0.1) is 5.92 Å². The highest BCUT2D eigenvalue weighted by molar-refractivity contribution is 5.89. The van der Waals surface area contributed by atoms with Crippen LogP contribution in [0.15, 0.2) is 29.4 Å². The molecule has 92 valence electrons. The van der Waals surface area contributed by atoms with E-state index in [1.807, 2.05) is 24.3 Å². The minimum Gasteiger partial charge on any atom is -0.488 e. The van der Waals surface area contributed by atoms with E-state index in [4.69, 9.17) is 14.7 Å². The van der Waals surface area contributed by atoms with Crippen LogP contribution in [0.25, 0.3) is 0 Å². The van der Waals surface area contributed by atoms with Crippen LogP contribution in [0.5, 0.6) is 5.75 Å². The maximum absolute atomic E-state index is 8.92. The predicted molar refractivity (Wildman–Crippen MR) is 65.0 cm³/mol. The molecule has 1 aromatic rings. The molecule has 17 heavy (non-hydrogen) atoms. The first-order valence-corrected chi connectivity index (χ1v) is 5.76. The van der Waals surface area contributed by atoms with Gasteiger partial charge in [-0.2, -0.15) is 0 Å². The van der Waals surface area contributed by atoms with Crippen LogP contribution in [0.3, 0.4) is 0 Å². The third-order valence-electron chi connectivity index (χ3n) is 2.75. The molecule has 0 aliphatic heterocycles. The summed E-state index contributed by atoms with van der Waals surface area (Å²) in [5, 5.41) is 12.9. The molecule has 1 N–H and O–H groups in total. The maximum Gasteiger partial charge on any atom is 0.130 e. The number of oxime groups is 1. The van der Waals surface area contributed by atoms with Gasteiger partial charge >= 0.3 is 0 Å². The Kier molecular flexibility index (Phi) is 3.98. The van der Waals surface area contributed by atoms with Crippen LogP contribution in [0.2, 0.25) is 0 Å². The van der Waals surface area contributed by atoms with Crippen molar-refractivity contribution in [1.82, 2.24) is 0 Å². The quantitative estimate of drug-likeness (QED) is 0.606. The lowest BCUT2D eigenvalue weighted by atomic mass is 10.2. The highest BCUT2D eigenvalue weighted by atomic mass is 16.6. The van der Waals surface area contributed by atoms with Gasteiger partial charge in [-0.1, -0.05) is 17.3 Å². The van der Waals surface area contributed by atoms with Gasteiger partial charge in [0.1, 0.15) is 19.5 Å². The first-order valence-electron chi connectivity index (χ1n) is 5.76. The van der Waals surface area contributed by atoms with Gasteiger partial charge in [0.15, 0.2) is 0 Å². The van der Waals surface area contributed by atoms with Crippen molar-refractivity contribution in [3.63, 3.8) is 0 Å². The first kappa shape index (κ1) is 11.9. The molecule has 1 aromatic carbocycles. The van der Waals surface area contributed by atoms with Crippen molar-refractivity contribution in [2.24, 2.45) is 11.1 Å². The summed E-state index contributed by atoms with van der Waals surface area (Å²) in [6, 6.07) is 7.39. The highest BCUT2D eigenvalue weighted by Gasteiger charge is 2.28. The third kappa shape index (κ3) is 3.46. The number of aliphatic hydroxyl groups is 1. The van der Waals surface area contributed by atoms with E-state index in [0.29, 0.717) is 12.5 Å². The Bertz CT molecular complexity index is 382. The summed E-state index contributed by atoms with van der Waals surface area (Å²) in [4.78, 5) is 4.81. The summed E-state index contributed by atoms with van der Waals surface area (Å²) in [7, 11) is 1.55. The molecule has 0 bridgehead atoms. The van der Waals surface area contributed by atoms with Gasteiger partial charge in [0.25, 0.3) is 0 Å². The molecule has 4 heteroatoms.